The summed E-state index contributed by atoms with van der Waals surface area (Å²) in [5.74, 6) is 0.638. The molecule has 3 rings (SSSR count). The Hall–Kier alpha value is -1.32. The molecular formula is C17H22ClN3. The maximum absolute atomic E-state index is 6.03. The van der Waals surface area contributed by atoms with Crippen LogP contribution in [-0.4, -0.2) is 36.1 Å². The van der Waals surface area contributed by atoms with E-state index in [-0.39, 0.29) is 0 Å². The Kier molecular flexibility index (Phi) is 4.61. The van der Waals surface area contributed by atoms with Crippen molar-refractivity contribution in [2.24, 2.45) is 5.92 Å². The van der Waals surface area contributed by atoms with Crippen LogP contribution in [0, 0.1) is 5.92 Å². The molecule has 1 N–H and O–H groups in total. The molecule has 1 fully saturated rings. The van der Waals surface area contributed by atoms with E-state index < -0.39 is 0 Å². The molecule has 0 radical (unpaired) electrons. The van der Waals surface area contributed by atoms with Crippen LogP contribution in [0.4, 0.5) is 5.69 Å². The number of pyridine rings is 1. The zero-order chi connectivity index (χ0) is 14.7. The topological polar surface area (TPSA) is 28.2 Å². The quantitative estimate of drug-likeness (QED) is 0.904. The van der Waals surface area contributed by atoms with Gasteiger partial charge in [-0.15, -0.1) is 0 Å². The van der Waals surface area contributed by atoms with Crippen molar-refractivity contribution < 1.29 is 0 Å². The second kappa shape index (κ2) is 6.63. The fraction of sp³-hybridized carbons (Fsp3) is 0.471. The highest BCUT2D eigenvalue weighted by Gasteiger charge is 2.14. The van der Waals surface area contributed by atoms with E-state index in [4.69, 9.17) is 11.6 Å². The molecule has 0 saturated carbocycles. The molecule has 1 saturated heterocycles. The Labute approximate surface area is 131 Å². The second-order valence-electron chi connectivity index (χ2n) is 6.01. The van der Waals surface area contributed by atoms with Crippen LogP contribution >= 0.6 is 11.6 Å². The van der Waals surface area contributed by atoms with Gasteiger partial charge in [0.25, 0.3) is 0 Å². The van der Waals surface area contributed by atoms with Gasteiger partial charge in [0.2, 0.25) is 0 Å². The number of aromatic nitrogens is 1. The largest absolute Gasteiger partial charge is 0.384 e. The summed E-state index contributed by atoms with van der Waals surface area (Å²) in [6.07, 6.45) is 4.55. The third-order valence-corrected chi connectivity index (χ3v) is 4.35. The lowest BCUT2D eigenvalue weighted by molar-refractivity contribution is 0.294. The summed E-state index contributed by atoms with van der Waals surface area (Å²) < 4.78 is 0. The van der Waals surface area contributed by atoms with Gasteiger partial charge >= 0.3 is 0 Å². The van der Waals surface area contributed by atoms with E-state index in [1.807, 2.05) is 30.5 Å². The summed E-state index contributed by atoms with van der Waals surface area (Å²) in [6, 6.07) is 7.91. The molecule has 1 aliphatic rings. The maximum atomic E-state index is 6.03. The van der Waals surface area contributed by atoms with Crippen LogP contribution in [0.15, 0.2) is 30.5 Å². The first kappa shape index (κ1) is 14.6. The van der Waals surface area contributed by atoms with E-state index in [2.05, 4.69) is 22.1 Å². The van der Waals surface area contributed by atoms with E-state index in [1.54, 1.807) is 0 Å². The average Bonchev–Trinajstić information content (AvgIpc) is 2.97. The van der Waals surface area contributed by atoms with Crippen molar-refractivity contribution in [2.45, 2.75) is 19.8 Å². The van der Waals surface area contributed by atoms with Gasteiger partial charge in [-0.3, -0.25) is 4.98 Å². The van der Waals surface area contributed by atoms with Gasteiger partial charge in [0.05, 0.1) is 5.52 Å². The molecule has 1 aliphatic heterocycles. The van der Waals surface area contributed by atoms with Crippen molar-refractivity contribution in [3.63, 3.8) is 0 Å². The van der Waals surface area contributed by atoms with Gasteiger partial charge < -0.3 is 10.2 Å². The summed E-state index contributed by atoms with van der Waals surface area (Å²) in [5, 5.41) is 5.44. The molecule has 2 aromatic rings. The highest BCUT2D eigenvalue weighted by molar-refractivity contribution is 6.31. The molecule has 0 spiro atoms. The van der Waals surface area contributed by atoms with E-state index in [0.717, 1.165) is 28.2 Å². The third kappa shape index (κ3) is 3.66. The molecule has 1 unspecified atom stereocenters. The lowest BCUT2D eigenvalue weighted by Gasteiger charge is -2.21. The molecule has 0 bridgehead atoms. The molecule has 21 heavy (non-hydrogen) atoms. The monoisotopic (exact) mass is 303 g/mol. The predicted molar refractivity (Wildman–Crippen MR) is 90.1 cm³/mol. The first-order chi connectivity index (χ1) is 10.2. The van der Waals surface area contributed by atoms with Gasteiger partial charge in [0.1, 0.15) is 0 Å². The molecular weight excluding hydrogens is 282 g/mol. The van der Waals surface area contributed by atoms with E-state index in [1.165, 1.54) is 32.5 Å². The Morgan fingerprint density at radius 1 is 1.29 bits per heavy atom. The normalized spacial score (nSPS) is 17.2. The fourth-order valence-electron chi connectivity index (χ4n) is 3.03. The van der Waals surface area contributed by atoms with Gasteiger partial charge in [-0.25, -0.2) is 0 Å². The lowest BCUT2D eigenvalue weighted by atomic mass is 10.1. The third-order valence-electron chi connectivity index (χ3n) is 4.11. The van der Waals surface area contributed by atoms with Crippen molar-refractivity contribution >= 4 is 28.2 Å². The number of anilines is 1. The molecule has 1 aromatic heterocycles. The SMILES string of the molecule is CC(CNc1ccnc2cc(Cl)ccc12)CN1CCCC1. The Balaban J connectivity index is 1.64. The minimum absolute atomic E-state index is 0.638. The van der Waals surface area contributed by atoms with Crippen LogP contribution in [0.2, 0.25) is 5.02 Å². The van der Waals surface area contributed by atoms with Crippen LogP contribution < -0.4 is 5.32 Å². The number of halogens is 1. The maximum Gasteiger partial charge on any atom is 0.0737 e. The van der Waals surface area contributed by atoms with Crippen LogP contribution in [0.3, 0.4) is 0 Å². The van der Waals surface area contributed by atoms with Crippen LogP contribution in [0.1, 0.15) is 19.8 Å². The fourth-order valence-corrected chi connectivity index (χ4v) is 3.20. The predicted octanol–water partition coefficient (Wildman–Crippen LogP) is 4.03. The van der Waals surface area contributed by atoms with Crippen LogP contribution in [-0.2, 0) is 0 Å². The van der Waals surface area contributed by atoms with Crippen LogP contribution in [0.25, 0.3) is 10.9 Å². The molecule has 0 amide bonds. The van der Waals surface area contributed by atoms with Crippen LogP contribution in [0.5, 0.6) is 0 Å². The van der Waals surface area contributed by atoms with Crippen molar-refractivity contribution in [3.05, 3.63) is 35.5 Å². The van der Waals surface area contributed by atoms with Gasteiger partial charge in [-0.2, -0.15) is 0 Å². The van der Waals surface area contributed by atoms with E-state index in [9.17, 15) is 0 Å². The average molecular weight is 304 g/mol. The first-order valence-corrected chi connectivity index (χ1v) is 8.10. The summed E-state index contributed by atoms with van der Waals surface area (Å²) in [6.45, 7) is 7.01. The standard InChI is InChI=1S/C17H22ClN3/c1-13(12-21-8-2-3-9-21)11-20-16-6-7-19-17-10-14(18)4-5-15(16)17/h4-7,10,13H,2-3,8-9,11-12H2,1H3,(H,19,20). The molecule has 112 valence electrons. The van der Waals surface area contributed by atoms with E-state index in [0.29, 0.717) is 5.92 Å². The Bertz CT molecular complexity index is 608. The highest BCUT2D eigenvalue weighted by atomic mass is 35.5. The highest BCUT2D eigenvalue weighted by Crippen LogP contribution is 2.24. The zero-order valence-corrected chi connectivity index (χ0v) is 13.2. The number of nitrogens with one attached hydrogen (secondary N) is 1. The number of likely N-dealkylation sites (tertiary alicyclic amines) is 1. The minimum Gasteiger partial charge on any atom is -0.384 e. The molecule has 3 nitrogen and oxygen atoms in total. The first-order valence-electron chi connectivity index (χ1n) is 7.73. The second-order valence-corrected chi connectivity index (χ2v) is 6.45. The zero-order valence-electron chi connectivity index (χ0n) is 12.5. The van der Waals surface area contributed by atoms with Gasteiger partial charge in [0, 0.05) is 35.4 Å². The number of fused-ring (bicyclic) bond motifs is 1. The number of hydrogen-bond acceptors (Lipinski definition) is 3. The number of nitrogens with zero attached hydrogens (tertiary/aromatic N) is 2. The molecule has 1 aromatic carbocycles. The Morgan fingerprint density at radius 3 is 2.90 bits per heavy atom. The minimum atomic E-state index is 0.638. The summed E-state index contributed by atoms with van der Waals surface area (Å²) >= 11 is 6.03. The number of rotatable bonds is 5. The van der Waals surface area contributed by atoms with Gasteiger partial charge in [-0.05, 0) is 56.1 Å². The summed E-state index contributed by atoms with van der Waals surface area (Å²) in [7, 11) is 0. The van der Waals surface area contributed by atoms with Crippen molar-refractivity contribution in [1.29, 1.82) is 0 Å². The van der Waals surface area contributed by atoms with E-state index >= 15 is 0 Å². The molecule has 1 atom stereocenters. The number of benzene rings is 1. The molecule has 2 heterocycles. The lowest BCUT2D eigenvalue weighted by Crippen LogP contribution is -2.28. The molecule has 0 aliphatic carbocycles. The number of hydrogen-bond donors (Lipinski definition) is 1. The van der Waals surface area contributed by atoms with Crippen molar-refractivity contribution in [1.82, 2.24) is 9.88 Å². The summed E-state index contributed by atoms with van der Waals surface area (Å²) in [5.41, 5.74) is 2.09. The smallest absolute Gasteiger partial charge is 0.0737 e. The Morgan fingerprint density at radius 2 is 2.10 bits per heavy atom. The van der Waals surface area contributed by atoms with Crippen molar-refractivity contribution in [2.75, 3.05) is 31.5 Å². The summed E-state index contributed by atoms with van der Waals surface area (Å²) in [4.78, 5) is 6.95. The molecule has 4 heteroatoms. The van der Waals surface area contributed by atoms with Crippen molar-refractivity contribution in [3.8, 4) is 0 Å². The van der Waals surface area contributed by atoms with Gasteiger partial charge in [-0.1, -0.05) is 18.5 Å². The van der Waals surface area contributed by atoms with Gasteiger partial charge in [0.15, 0.2) is 0 Å².